The summed E-state index contributed by atoms with van der Waals surface area (Å²) in [7, 11) is 0. The fraction of sp³-hybridized carbons (Fsp3) is 0.643. The monoisotopic (exact) mass is 247 g/mol. The molecule has 2 fully saturated rings. The summed E-state index contributed by atoms with van der Waals surface area (Å²) >= 11 is 0. The van der Waals surface area contributed by atoms with Crippen molar-refractivity contribution in [3.05, 3.63) is 24.5 Å². The van der Waals surface area contributed by atoms with E-state index in [9.17, 15) is 0 Å². The van der Waals surface area contributed by atoms with Crippen LogP contribution in [0.4, 0.5) is 5.69 Å². The zero-order valence-corrected chi connectivity index (χ0v) is 10.7. The summed E-state index contributed by atoms with van der Waals surface area (Å²) in [6.07, 6.45) is 8.11. The van der Waals surface area contributed by atoms with Crippen LogP contribution in [0.3, 0.4) is 0 Å². The van der Waals surface area contributed by atoms with Crippen molar-refractivity contribution in [2.24, 2.45) is 0 Å². The Labute approximate surface area is 108 Å². The van der Waals surface area contributed by atoms with Gasteiger partial charge < -0.3 is 15.0 Å². The third-order valence-corrected chi connectivity index (χ3v) is 3.81. The molecule has 2 saturated heterocycles. The average molecular weight is 247 g/mol. The summed E-state index contributed by atoms with van der Waals surface area (Å²) < 4.78 is 6.18. The summed E-state index contributed by atoms with van der Waals surface area (Å²) in [6, 6.07) is 4.15. The Morgan fingerprint density at radius 1 is 1.22 bits per heavy atom. The lowest BCUT2D eigenvalue weighted by atomic mass is 10.1. The van der Waals surface area contributed by atoms with Crippen LogP contribution >= 0.6 is 0 Å². The molecule has 0 aromatic carbocycles. The van der Waals surface area contributed by atoms with Crippen LogP contribution in [0.1, 0.15) is 19.3 Å². The highest BCUT2D eigenvalue weighted by atomic mass is 16.5. The molecule has 0 bridgehead atoms. The van der Waals surface area contributed by atoms with Crippen LogP contribution in [0.2, 0.25) is 0 Å². The van der Waals surface area contributed by atoms with Gasteiger partial charge in [0.2, 0.25) is 0 Å². The van der Waals surface area contributed by atoms with Crippen LogP contribution in [0.5, 0.6) is 0 Å². The quantitative estimate of drug-likeness (QED) is 0.877. The molecule has 3 heterocycles. The van der Waals surface area contributed by atoms with Crippen molar-refractivity contribution in [2.45, 2.75) is 31.5 Å². The molecule has 2 unspecified atom stereocenters. The molecule has 18 heavy (non-hydrogen) atoms. The number of piperidine rings is 1. The Bertz CT molecular complexity index is 365. The van der Waals surface area contributed by atoms with Gasteiger partial charge in [0.15, 0.2) is 0 Å². The Morgan fingerprint density at radius 3 is 2.89 bits per heavy atom. The molecular formula is C14H21N3O. The van der Waals surface area contributed by atoms with Crippen molar-refractivity contribution >= 4 is 5.69 Å². The molecule has 4 nitrogen and oxygen atoms in total. The first-order chi connectivity index (χ1) is 8.92. The fourth-order valence-electron chi connectivity index (χ4n) is 2.84. The molecule has 0 radical (unpaired) electrons. The van der Waals surface area contributed by atoms with Gasteiger partial charge in [0.25, 0.3) is 0 Å². The summed E-state index contributed by atoms with van der Waals surface area (Å²) in [6.45, 7) is 4.27. The molecule has 0 spiro atoms. The first-order valence-electron chi connectivity index (χ1n) is 6.93. The van der Waals surface area contributed by atoms with Crippen molar-refractivity contribution in [3.63, 3.8) is 0 Å². The van der Waals surface area contributed by atoms with Crippen molar-refractivity contribution in [2.75, 3.05) is 31.1 Å². The highest BCUT2D eigenvalue weighted by molar-refractivity contribution is 5.45. The maximum Gasteiger partial charge on any atom is 0.0771 e. The third kappa shape index (κ3) is 2.82. The highest BCUT2D eigenvalue weighted by Crippen LogP contribution is 2.22. The van der Waals surface area contributed by atoms with E-state index in [2.05, 4.69) is 27.3 Å². The maximum atomic E-state index is 6.18. The van der Waals surface area contributed by atoms with E-state index in [1.807, 2.05) is 12.4 Å². The van der Waals surface area contributed by atoms with E-state index >= 15 is 0 Å². The highest BCUT2D eigenvalue weighted by Gasteiger charge is 2.26. The fourth-order valence-corrected chi connectivity index (χ4v) is 2.84. The number of hydrogen-bond donors (Lipinski definition) is 1. The average Bonchev–Trinajstić information content (AvgIpc) is 2.89. The van der Waals surface area contributed by atoms with E-state index in [0.29, 0.717) is 12.2 Å². The second-order valence-corrected chi connectivity index (χ2v) is 5.17. The van der Waals surface area contributed by atoms with Crippen LogP contribution in [-0.2, 0) is 4.74 Å². The van der Waals surface area contributed by atoms with Crippen LogP contribution in [0, 0.1) is 0 Å². The van der Waals surface area contributed by atoms with Crippen LogP contribution in [-0.4, -0.2) is 43.4 Å². The Balaban J connectivity index is 1.52. The second kappa shape index (κ2) is 5.67. The predicted molar refractivity (Wildman–Crippen MR) is 71.8 cm³/mol. The van der Waals surface area contributed by atoms with Gasteiger partial charge >= 0.3 is 0 Å². The number of aromatic nitrogens is 1. The van der Waals surface area contributed by atoms with E-state index in [1.165, 1.54) is 18.5 Å². The van der Waals surface area contributed by atoms with E-state index in [4.69, 9.17) is 4.74 Å². The molecule has 3 rings (SSSR count). The number of nitrogens with one attached hydrogen (secondary N) is 1. The Hall–Kier alpha value is -1.13. The molecule has 1 aromatic rings. The summed E-state index contributed by atoms with van der Waals surface area (Å²) in [5.41, 5.74) is 1.26. The number of anilines is 1. The molecular weight excluding hydrogens is 226 g/mol. The lowest BCUT2D eigenvalue weighted by molar-refractivity contribution is -0.0116. The molecule has 0 amide bonds. The van der Waals surface area contributed by atoms with Gasteiger partial charge in [0, 0.05) is 37.7 Å². The van der Waals surface area contributed by atoms with E-state index in [1.54, 1.807) is 0 Å². The van der Waals surface area contributed by atoms with Crippen molar-refractivity contribution in [1.29, 1.82) is 0 Å². The standard InChI is InChI=1S/C14H21N3O/c1-2-13(10-16-6-1)18-14-5-9-17(11-14)12-3-7-15-8-4-12/h3-4,7-8,13-14,16H,1-2,5-6,9-11H2. The minimum Gasteiger partial charge on any atom is -0.372 e. The van der Waals surface area contributed by atoms with Gasteiger partial charge in [-0.25, -0.2) is 0 Å². The number of hydrogen-bond acceptors (Lipinski definition) is 4. The first-order valence-corrected chi connectivity index (χ1v) is 6.93. The van der Waals surface area contributed by atoms with Crippen LogP contribution in [0.15, 0.2) is 24.5 Å². The largest absolute Gasteiger partial charge is 0.372 e. The smallest absolute Gasteiger partial charge is 0.0771 e. The number of rotatable bonds is 3. The summed E-state index contributed by atoms with van der Waals surface area (Å²) in [4.78, 5) is 6.45. The Morgan fingerprint density at radius 2 is 2.11 bits per heavy atom. The predicted octanol–water partition coefficient (Wildman–Crippen LogP) is 1.43. The molecule has 4 heteroatoms. The molecule has 0 aliphatic carbocycles. The molecule has 98 valence electrons. The van der Waals surface area contributed by atoms with Crippen LogP contribution in [0.25, 0.3) is 0 Å². The minimum atomic E-state index is 0.392. The van der Waals surface area contributed by atoms with Crippen LogP contribution < -0.4 is 10.2 Å². The van der Waals surface area contributed by atoms with Crippen molar-refractivity contribution < 1.29 is 4.74 Å². The van der Waals surface area contributed by atoms with Gasteiger partial charge in [-0.2, -0.15) is 0 Å². The molecule has 0 saturated carbocycles. The van der Waals surface area contributed by atoms with Gasteiger partial charge in [0.1, 0.15) is 0 Å². The summed E-state index contributed by atoms with van der Waals surface area (Å²) in [5.74, 6) is 0. The molecule has 1 N–H and O–H groups in total. The molecule has 1 aromatic heterocycles. The number of nitrogens with zero attached hydrogens (tertiary/aromatic N) is 2. The van der Waals surface area contributed by atoms with Crippen molar-refractivity contribution in [1.82, 2.24) is 10.3 Å². The topological polar surface area (TPSA) is 37.4 Å². The van der Waals surface area contributed by atoms with E-state index in [0.717, 1.165) is 32.6 Å². The van der Waals surface area contributed by atoms with E-state index in [-0.39, 0.29) is 0 Å². The number of ether oxygens (including phenoxy) is 1. The minimum absolute atomic E-state index is 0.392. The maximum absolute atomic E-state index is 6.18. The van der Waals surface area contributed by atoms with E-state index < -0.39 is 0 Å². The van der Waals surface area contributed by atoms with Gasteiger partial charge in [0.05, 0.1) is 12.2 Å². The second-order valence-electron chi connectivity index (χ2n) is 5.17. The molecule has 2 aliphatic heterocycles. The zero-order chi connectivity index (χ0) is 12.2. The van der Waals surface area contributed by atoms with Gasteiger partial charge in [-0.1, -0.05) is 0 Å². The first kappa shape index (κ1) is 11.9. The Kier molecular flexibility index (Phi) is 3.76. The molecule has 2 atom stereocenters. The van der Waals surface area contributed by atoms with Gasteiger partial charge in [-0.15, -0.1) is 0 Å². The third-order valence-electron chi connectivity index (χ3n) is 3.81. The van der Waals surface area contributed by atoms with Gasteiger partial charge in [-0.3, -0.25) is 4.98 Å². The molecule has 2 aliphatic rings. The normalized spacial score (nSPS) is 28.6. The summed E-state index contributed by atoms with van der Waals surface area (Å²) in [5, 5.41) is 3.40. The van der Waals surface area contributed by atoms with Gasteiger partial charge in [-0.05, 0) is 37.9 Å². The zero-order valence-electron chi connectivity index (χ0n) is 10.7. The number of pyridine rings is 1. The lowest BCUT2D eigenvalue weighted by Gasteiger charge is -2.26. The SMILES string of the molecule is c1cc(N2CCC(OC3CCCNC3)C2)ccn1. The van der Waals surface area contributed by atoms with Crippen molar-refractivity contribution in [3.8, 4) is 0 Å². The lowest BCUT2D eigenvalue weighted by Crippen LogP contribution is -2.38.